The molecule has 150 valence electrons. The standard InChI is InChI=1S/C22H21ClFN3OS/c1-14(28)27-13-12-26-20(29-18-10-6-16(23)7-11-18)19(25-21(26)22(27,2)3)15-4-8-17(24)9-5-15/h4-11H,12-13H2,1-3H3. The van der Waals surface area contributed by atoms with E-state index in [4.69, 9.17) is 16.6 Å². The second-order valence-electron chi connectivity index (χ2n) is 7.53. The van der Waals surface area contributed by atoms with Crippen molar-refractivity contribution in [2.75, 3.05) is 6.54 Å². The Hall–Kier alpha value is -2.31. The zero-order valence-corrected chi connectivity index (χ0v) is 18.0. The molecule has 4 rings (SSSR count). The number of nitrogens with zero attached hydrogens (tertiary/aromatic N) is 3. The summed E-state index contributed by atoms with van der Waals surface area (Å²) >= 11 is 7.63. The Balaban J connectivity index is 1.87. The summed E-state index contributed by atoms with van der Waals surface area (Å²) < 4.78 is 15.7. The van der Waals surface area contributed by atoms with Crippen LogP contribution >= 0.6 is 23.4 Å². The van der Waals surface area contributed by atoms with E-state index in [0.29, 0.717) is 18.1 Å². The van der Waals surface area contributed by atoms with Crippen LogP contribution in [0.5, 0.6) is 0 Å². The lowest BCUT2D eigenvalue weighted by Gasteiger charge is -2.41. The molecule has 0 saturated carbocycles. The summed E-state index contributed by atoms with van der Waals surface area (Å²) in [4.78, 5) is 20.0. The third-order valence-corrected chi connectivity index (χ3v) is 6.58. The fraction of sp³-hybridized carbons (Fsp3) is 0.273. The molecule has 2 heterocycles. The highest BCUT2D eigenvalue weighted by molar-refractivity contribution is 7.99. The van der Waals surface area contributed by atoms with Crippen LogP contribution in [0.15, 0.2) is 58.5 Å². The molecule has 1 amide bonds. The first-order valence-electron chi connectivity index (χ1n) is 9.36. The maximum absolute atomic E-state index is 13.5. The minimum Gasteiger partial charge on any atom is -0.329 e. The average Bonchev–Trinajstić information content (AvgIpc) is 3.04. The van der Waals surface area contributed by atoms with E-state index in [-0.39, 0.29) is 11.7 Å². The van der Waals surface area contributed by atoms with Crippen LogP contribution in [0.25, 0.3) is 11.3 Å². The van der Waals surface area contributed by atoms with E-state index in [1.54, 1.807) is 30.8 Å². The van der Waals surface area contributed by atoms with Gasteiger partial charge in [0.05, 0.1) is 5.54 Å². The molecule has 0 atom stereocenters. The van der Waals surface area contributed by atoms with Crippen molar-refractivity contribution in [3.8, 4) is 11.3 Å². The predicted molar refractivity (Wildman–Crippen MR) is 114 cm³/mol. The minimum absolute atomic E-state index is 0.0273. The van der Waals surface area contributed by atoms with E-state index in [1.807, 2.05) is 43.0 Å². The van der Waals surface area contributed by atoms with Gasteiger partial charge in [0.1, 0.15) is 22.4 Å². The Morgan fingerprint density at radius 2 is 1.76 bits per heavy atom. The monoisotopic (exact) mass is 429 g/mol. The molecule has 3 aromatic rings. The molecule has 0 aliphatic carbocycles. The fourth-order valence-corrected chi connectivity index (χ4v) is 4.95. The van der Waals surface area contributed by atoms with Gasteiger partial charge in [-0.25, -0.2) is 9.37 Å². The number of hydrogen-bond acceptors (Lipinski definition) is 3. The van der Waals surface area contributed by atoms with Gasteiger partial charge >= 0.3 is 0 Å². The number of fused-ring (bicyclic) bond motifs is 1. The summed E-state index contributed by atoms with van der Waals surface area (Å²) in [5, 5.41) is 1.66. The molecule has 4 nitrogen and oxygen atoms in total. The van der Waals surface area contributed by atoms with Gasteiger partial charge in [-0.05, 0) is 62.4 Å². The van der Waals surface area contributed by atoms with Crippen molar-refractivity contribution in [2.45, 2.75) is 42.8 Å². The van der Waals surface area contributed by atoms with Gasteiger partial charge in [-0.3, -0.25) is 4.79 Å². The quantitative estimate of drug-likeness (QED) is 0.544. The van der Waals surface area contributed by atoms with Crippen LogP contribution in [0.1, 0.15) is 26.6 Å². The smallest absolute Gasteiger partial charge is 0.220 e. The topological polar surface area (TPSA) is 38.1 Å². The van der Waals surface area contributed by atoms with Gasteiger partial charge in [0.15, 0.2) is 0 Å². The maximum atomic E-state index is 13.5. The van der Waals surface area contributed by atoms with Gasteiger partial charge in [0, 0.05) is 35.5 Å². The number of aromatic nitrogens is 2. The summed E-state index contributed by atoms with van der Waals surface area (Å²) in [7, 11) is 0. The molecule has 2 aromatic carbocycles. The highest BCUT2D eigenvalue weighted by Crippen LogP contribution is 2.42. The van der Waals surface area contributed by atoms with E-state index in [0.717, 1.165) is 27.0 Å². The zero-order chi connectivity index (χ0) is 20.8. The number of rotatable bonds is 3. The summed E-state index contributed by atoms with van der Waals surface area (Å²) in [5.74, 6) is 0.571. The number of halogens is 2. The van der Waals surface area contributed by atoms with Gasteiger partial charge < -0.3 is 9.47 Å². The Bertz CT molecular complexity index is 1060. The lowest BCUT2D eigenvalue weighted by molar-refractivity contribution is -0.136. The molecule has 0 N–H and O–H groups in total. The maximum Gasteiger partial charge on any atom is 0.220 e. The first-order chi connectivity index (χ1) is 13.8. The zero-order valence-electron chi connectivity index (χ0n) is 16.4. The number of carbonyl (C=O) groups excluding carboxylic acids is 1. The SMILES string of the molecule is CC(=O)N1CCn2c(nc(-c3ccc(F)cc3)c2Sc2ccc(Cl)cc2)C1(C)C. The normalized spacial score (nSPS) is 15.3. The van der Waals surface area contributed by atoms with Crippen molar-refractivity contribution in [1.82, 2.24) is 14.5 Å². The number of hydrogen-bond donors (Lipinski definition) is 0. The summed E-state index contributed by atoms with van der Waals surface area (Å²) in [6, 6.07) is 14.0. The average molecular weight is 430 g/mol. The first kappa shape index (κ1) is 20.0. The van der Waals surface area contributed by atoms with Gasteiger partial charge in [0.25, 0.3) is 0 Å². The molecule has 0 unspecified atom stereocenters. The summed E-state index contributed by atoms with van der Waals surface area (Å²) in [6.07, 6.45) is 0. The lowest BCUT2D eigenvalue weighted by Crippen LogP contribution is -2.51. The Labute approximate surface area is 178 Å². The van der Waals surface area contributed by atoms with Crippen LogP contribution in [0.4, 0.5) is 4.39 Å². The molecule has 0 radical (unpaired) electrons. The highest BCUT2D eigenvalue weighted by atomic mass is 35.5. The van der Waals surface area contributed by atoms with Crippen LogP contribution < -0.4 is 0 Å². The van der Waals surface area contributed by atoms with Crippen LogP contribution in [-0.4, -0.2) is 26.9 Å². The third-order valence-electron chi connectivity index (χ3n) is 5.22. The van der Waals surface area contributed by atoms with Gasteiger partial charge in [-0.1, -0.05) is 23.4 Å². The van der Waals surface area contributed by atoms with Gasteiger partial charge in [0.2, 0.25) is 5.91 Å². The van der Waals surface area contributed by atoms with E-state index in [9.17, 15) is 9.18 Å². The predicted octanol–water partition coefficient (Wildman–Crippen LogP) is 5.59. The van der Waals surface area contributed by atoms with Crippen LogP contribution in [0.3, 0.4) is 0 Å². The summed E-state index contributed by atoms with van der Waals surface area (Å²) in [6.45, 7) is 6.88. The van der Waals surface area contributed by atoms with Gasteiger partial charge in [-0.2, -0.15) is 0 Å². The molecular formula is C22H21ClFN3OS. The second kappa shape index (κ2) is 7.50. The number of imidazole rings is 1. The molecule has 0 fully saturated rings. The Morgan fingerprint density at radius 3 is 2.38 bits per heavy atom. The van der Waals surface area contributed by atoms with Crippen molar-refractivity contribution >= 4 is 29.3 Å². The van der Waals surface area contributed by atoms with E-state index in [1.165, 1.54) is 12.1 Å². The molecule has 1 aliphatic heterocycles. The molecule has 0 spiro atoms. The van der Waals surface area contributed by atoms with Crippen molar-refractivity contribution in [3.63, 3.8) is 0 Å². The molecule has 0 bridgehead atoms. The third kappa shape index (κ3) is 3.67. The number of carbonyl (C=O) groups is 1. The molecule has 29 heavy (non-hydrogen) atoms. The van der Waals surface area contributed by atoms with Gasteiger partial charge in [-0.15, -0.1) is 0 Å². The highest BCUT2D eigenvalue weighted by Gasteiger charge is 2.40. The van der Waals surface area contributed by atoms with Crippen molar-refractivity contribution in [3.05, 3.63) is 65.2 Å². The minimum atomic E-state index is -0.544. The van der Waals surface area contributed by atoms with E-state index in [2.05, 4.69) is 4.57 Å². The number of amides is 1. The Kier molecular flexibility index (Phi) is 5.17. The number of benzene rings is 2. The second-order valence-corrected chi connectivity index (χ2v) is 9.03. The van der Waals surface area contributed by atoms with Crippen molar-refractivity contribution in [1.29, 1.82) is 0 Å². The van der Waals surface area contributed by atoms with Crippen LogP contribution in [0.2, 0.25) is 5.02 Å². The van der Waals surface area contributed by atoms with E-state index >= 15 is 0 Å². The molecule has 1 aliphatic rings. The van der Waals surface area contributed by atoms with Crippen molar-refractivity contribution in [2.24, 2.45) is 0 Å². The molecular weight excluding hydrogens is 409 g/mol. The van der Waals surface area contributed by atoms with Crippen molar-refractivity contribution < 1.29 is 9.18 Å². The first-order valence-corrected chi connectivity index (χ1v) is 10.6. The summed E-state index contributed by atoms with van der Waals surface area (Å²) in [5.41, 5.74) is 1.09. The molecule has 1 aromatic heterocycles. The van der Waals surface area contributed by atoms with Crippen LogP contribution in [0, 0.1) is 5.82 Å². The fourth-order valence-electron chi connectivity index (χ4n) is 3.78. The van der Waals surface area contributed by atoms with E-state index < -0.39 is 5.54 Å². The van der Waals surface area contributed by atoms with Crippen LogP contribution in [-0.2, 0) is 16.9 Å². The Morgan fingerprint density at radius 1 is 1.10 bits per heavy atom. The largest absolute Gasteiger partial charge is 0.329 e. The lowest BCUT2D eigenvalue weighted by atomic mass is 9.99. The molecule has 7 heteroatoms. The molecule has 0 saturated heterocycles.